The van der Waals surface area contributed by atoms with Crippen molar-refractivity contribution >= 4 is 23.1 Å². The minimum absolute atomic E-state index is 0.964. The largest absolute Gasteiger partial charge is 0.248 e. The zero-order chi connectivity index (χ0) is 12.2. The first-order chi connectivity index (χ1) is 8.92. The molecule has 85 valence electrons. The predicted molar refractivity (Wildman–Crippen MR) is 75.9 cm³/mol. The van der Waals surface area contributed by atoms with Gasteiger partial charge in [-0.05, 0) is 29.8 Å². The SMILES string of the molecule is [c]1ccccc1C=Cc1ccc2ccccc2n1. The number of pyridine rings is 1. The monoisotopic (exact) mass is 230 g/mol. The van der Waals surface area contributed by atoms with Crippen LogP contribution in [0.1, 0.15) is 11.3 Å². The Balaban J connectivity index is 1.93. The highest BCUT2D eigenvalue weighted by atomic mass is 14.7. The Morgan fingerprint density at radius 2 is 1.72 bits per heavy atom. The highest BCUT2D eigenvalue weighted by molar-refractivity contribution is 5.80. The van der Waals surface area contributed by atoms with Crippen molar-refractivity contribution in [1.29, 1.82) is 0 Å². The van der Waals surface area contributed by atoms with Crippen LogP contribution in [0.15, 0.2) is 60.7 Å². The smallest absolute Gasteiger partial charge is 0.0709 e. The summed E-state index contributed by atoms with van der Waals surface area (Å²) >= 11 is 0. The van der Waals surface area contributed by atoms with Gasteiger partial charge in [-0.1, -0.05) is 54.6 Å². The lowest BCUT2D eigenvalue weighted by atomic mass is 10.1. The van der Waals surface area contributed by atoms with Gasteiger partial charge in [0.25, 0.3) is 0 Å². The number of para-hydroxylation sites is 1. The van der Waals surface area contributed by atoms with Crippen LogP contribution >= 0.6 is 0 Å². The molecule has 0 spiro atoms. The minimum Gasteiger partial charge on any atom is -0.248 e. The van der Waals surface area contributed by atoms with E-state index < -0.39 is 0 Å². The molecule has 3 aromatic rings. The van der Waals surface area contributed by atoms with Crippen molar-refractivity contribution in [3.05, 3.63) is 78.0 Å². The van der Waals surface area contributed by atoms with Gasteiger partial charge in [0, 0.05) is 5.39 Å². The summed E-state index contributed by atoms with van der Waals surface area (Å²) in [6.07, 6.45) is 4.04. The first-order valence-electron chi connectivity index (χ1n) is 5.92. The zero-order valence-electron chi connectivity index (χ0n) is 9.88. The number of fused-ring (bicyclic) bond motifs is 1. The molecule has 0 saturated carbocycles. The van der Waals surface area contributed by atoms with Crippen molar-refractivity contribution in [3.8, 4) is 0 Å². The Labute approximate surface area is 106 Å². The van der Waals surface area contributed by atoms with Gasteiger partial charge in [-0.2, -0.15) is 0 Å². The molecule has 0 atom stereocenters. The molecule has 2 aromatic carbocycles. The van der Waals surface area contributed by atoms with Gasteiger partial charge >= 0.3 is 0 Å². The molecule has 0 aliphatic heterocycles. The second-order valence-corrected chi connectivity index (χ2v) is 4.08. The van der Waals surface area contributed by atoms with Crippen molar-refractivity contribution in [2.45, 2.75) is 0 Å². The van der Waals surface area contributed by atoms with Crippen molar-refractivity contribution in [2.75, 3.05) is 0 Å². The van der Waals surface area contributed by atoms with Gasteiger partial charge in [0.1, 0.15) is 0 Å². The van der Waals surface area contributed by atoms with Gasteiger partial charge in [-0.25, -0.2) is 4.98 Å². The average molecular weight is 230 g/mol. The van der Waals surface area contributed by atoms with E-state index in [0.717, 1.165) is 16.8 Å². The molecule has 0 bridgehead atoms. The van der Waals surface area contributed by atoms with Crippen LogP contribution in [0.4, 0.5) is 0 Å². The summed E-state index contributed by atoms with van der Waals surface area (Å²) in [4.78, 5) is 4.59. The third-order valence-electron chi connectivity index (χ3n) is 2.79. The fourth-order valence-corrected chi connectivity index (χ4v) is 1.86. The van der Waals surface area contributed by atoms with Gasteiger partial charge in [0.05, 0.1) is 11.2 Å². The van der Waals surface area contributed by atoms with E-state index in [-0.39, 0.29) is 0 Å². The van der Waals surface area contributed by atoms with Crippen LogP contribution in [-0.2, 0) is 0 Å². The third kappa shape index (κ3) is 2.30. The van der Waals surface area contributed by atoms with Crippen molar-refractivity contribution in [2.24, 2.45) is 0 Å². The number of hydrogen-bond acceptors (Lipinski definition) is 1. The van der Waals surface area contributed by atoms with Crippen molar-refractivity contribution in [1.82, 2.24) is 4.98 Å². The summed E-state index contributed by atoms with van der Waals surface area (Å²) in [6.45, 7) is 0. The standard InChI is InChI=1S/C17H12N/c1-2-6-14(7-3-1)10-12-16-13-11-15-8-4-5-9-17(15)18-16/h1-6,8-13H. The quantitative estimate of drug-likeness (QED) is 0.642. The molecule has 1 heterocycles. The lowest BCUT2D eigenvalue weighted by Gasteiger charge is -1.98. The van der Waals surface area contributed by atoms with Crippen LogP contribution in [-0.4, -0.2) is 4.98 Å². The Morgan fingerprint density at radius 3 is 2.61 bits per heavy atom. The zero-order valence-corrected chi connectivity index (χ0v) is 9.88. The average Bonchev–Trinajstić information content (AvgIpc) is 2.46. The number of benzene rings is 2. The van der Waals surface area contributed by atoms with Gasteiger partial charge in [0.2, 0.25) is 0 Å². The van der Waals surface area contributed by atoms with E-state index in [0.29, 0.717) is 0 Å². The molecule has 0 unspecified atom stereocenters. The van der Waals surface area contributed by atoms with Crippen LogP contribution < -0.4 is 0 Å². The molecule has 0 fully saturated rings. The summed E-state index contributed by atoms with van der Waals surface area (Å²) in [5, 5.41) is 1.17. The van der Waals surface area contributed by atoms with E-state index in [2.05, 4.69) is 23.2 Å². The van der Waals surface area contributed by atoms with E-state index in [1.807, 2.05) is 60.7 Å². The molecule has 0 saturated heterocycles. The highest BCUT2D eigenvalue weighted by Crippen LogP contribution is 2.13. The van der Waals surface area contributed by atoms with Gasteiger partial charge in [-0.3, -0.25) is 0 Å². The van der Waals surface area contributed by atoms with Crippen LogP contribution in [0, 0.1) is 6.07 Å². The lowest BCUT2D eigenvalue weighted by Crippen LogP contribution is -1.82. The Bertz CT molecular complexity index is 684. The van der Waals surface area contributed by atoms with E-state index in [1.54, 1.807) is 0 Å². The van der Waals surface area contributed by atoms with Crippen LogP contribution in [0.3, 0.4) is 0 Å². The number of hydrogen-bond donors (Lipinski definition) is 0. The van der Waals surface area contributed by atoms with E-state index >= 15 is 0 Å². The second kappa shape index (κ2) is 4.84. The molecule has 18 heavy (non-hydrogen) atoms. The summed E-state index contributed by atoms with van der Waals surface area (Å²) in [5.74, 6) is 0. The van der Waals surface area contributed by atoms with E-state index in [4.69, 9.17) is 0 Å². The van der Waals surface area contributed by atoms with Gasteiger partial charge < -0.3 is 0 Å². The third-order valence-corrected chi connectivity index (χ3v) is 2.79. The normalized spacial score (nSPS) is 11.1. The van der Waals surface area contributed by atoms with Crippen molar-refractivity contribution < 1.29 is 0 Å². The summed E-state index contributed by atoms with van der Waals surface area (Å²) in [5.41, 5.74) is 3.05. The molecular formula is C17H12N. The molecule has 1 aromatic heterocycles. The number of rotatable bonds is 2. The molecule has 0 N–H and O–H groups in total. The summed E-state index contributed by atoms with van der Waals surface area (Å²) in [7, 11) is 0. The Hall–Kier alpha value is -2.41. The van der Waals surface area contributed by atoms with Gasteiger partial charge in [-0.15, -0.1) is 0 Å². The van der Waals surface area contributed by atoms with Gasteiger partial charge in [0.15, 0.2) is 0 Å². The van der Waals surface area contributed by atoms with Crippen LogP contribution in [0.5, 0.6) is 0 Å². The minimum atomic E-state index is 0.964. The van der Waals surface area contributed by atoms with Crippen LogP contribution in [0.2, 0.25) is 0 Å². The molecule has 0 aliphatic carbocycles. The van der Waals surface area contributed by atoms with E-state index in [9.17, 15) is 0 Å². The molecule has 0 aliphatic rings. The van der Waals surface area contributed by atoms with Crippen LogP contribution in [0.25, 0.3) is 23.1 Å². The molecule has 3 rings (SSSR count). The molecule has 1 heteroatoms. The molecule has 0 amide bonds. The maximum absolute atomic E-state index is 4.59. The Morgan fingerprint density at radius 1 is 0.833 bits per heavy atom. The Kier molecular flexibility index (Phi) is 2.89. The fourth-order valence-electron chi connectivity index (χ4n) is 1.86. The summed E-state index contributed by atoms with van der Waals surface area (Å²) < 4.78 is 0. The number of nitrogens with zero attached hydrogens (tertiary/aromatic N) is 1. The molecule has 1 radical (unpaired) electrons. The maximum atomic E-state index is 4.59. The first kappa shape index (κ1) is 10.7. The fraction of sp³-hybridized carbons (Fsp3) is 0. The lowest BCUT2D eigenvalue weighted by molar-refractivity contribution is 1.37. The topological polar surface area (TPSA) is 12.9 Å². The molecular weight excluding hydrogens is 218 g/mol. The second-order valence-electron chi connectivity index (χ2n) is 4.08. The number of aromatic nitrogens is 1. The highest BCUT2D eigenvalue weighted by Gasteiger charge is 1.94. The summed E-state index contributed by atoms with van der Waals surface area (Å²) in [6, 6.07) is 23.3. The molecule has 1 nitrogen and oxygen atoms in total. The maximum Gasteiger partial charge on any atom is 0.0709 e. The first-order valence-corrected chi connectivity index (χ1v) is 5.92. The van der Waals surface area contributed by atoms with Crippen molar-refractivity contribution in [3.63, 3.8) is 0 Å². The predicted octanol–water partition coefficient (Wildman–Crippen LogP) is 4.21. The van der Waals surface area contributed by atoms with E-state index in [1.165, 1.54) is 5.39 Å².